The molecule has 3 aromatic rings. The lowest BCUT2D eigenvalue weighted by Gasteiger charge is -2.18. The maximum atomic E-state index is 13.2. The van der Waals surface area contributed by atoms with E-state index in [1.165, 1.54) is 24.9 Å². The van der Waals surface area contributed by atoms with Crippen LogP contribution in [0.1, 0.15) is 31.1 Å². The van der Waals surface area contributed by atoms with Gasteiger partial charge in [-0.3, -0.25) is 14.2 Å². The molecule has 0 unspecified atom stereocenters. The number of carbonyl (C=O) groups is 2. The molecule has 0 aliphatic carbocycles. The van der Waals surface area contributed by atoms with Gasteiger partial charge in [-0.25, -0.2) is 9.78 Å². The fourth-order valence-corrected chi connectivity index (χ4v) is 4.14. The number of amides is 1. The van der Waals surface area contributed by atoms with E-state index in [2.05, 4.69) is 10.3 Å². The highest BCUT2D eigenvalue weighted by atomic mass is 32.2. The molecule has 8 nitrogen and oxygen atoms in total. The first-order valence-corrected chi connectivity index (χ1v) is 11.4. The molecule has 0 spiro atoms. The molecule has 1 N–H and O–H groups in total. The Morgan fingerprint density at radius 1 is 1.12 bits per heavy atom. The normalized spacial score (nSPS) is 11.9. The number of esters is 1. The van der Waals surface area contributed by atoms with Crippen molar-refractivity contribution in [1.29, 1.82) is 0 Å². The molecule has 0 aliphatic heterocycles. The Balaban J connectivity index is 1.95. The van der Waals surface area contributed by atoms with Crippen molar-refractivity contribution in [3.05, 3.63) is 58.4 Å². The van der Waals surface area contributed by atoms with E-state index in [0.717, 1.165) is 0 Å². The van der Waals surface area contributed by atoms with E-state index in [1.54, 1.807) is 55.0 Å². The minimum Gasteiger partial charge on any atom is -0.497 e. The van der Waals surface area contributed by atoms with E-state index >= 15 is 0 Å². The molecule has 9 heteroatoms. The Morgan fingerprint density at radius 3 is 2.55 bits per heavy atom. The minimum absolute atomic E-state index is 0.191. The molecule has 1 heterocycles. The molecule has 2 aromatic carbocycles. The monoisotopic (exact) mass is 469 g/mol. The number of rotatable bonds is 8. The molecule has 3 rings (SSSR count). The van der Waals surface area contributed by atoms with Crippen LogP contribution in [0.5, 0.6) is 5.75 Å². The Morgan fingerprint density at radius 2 is 1.88 bits per heavy atom. The average Bonchev–Trinajstić information content (AvgIpc) is 2.80. The van der Waals surface area contributed by atoms with Crippen LogP contribution in [-0.2, 0) is 16.1 Å². The summed E-state index contributed by atoms with van der Waals surface area (Å²) in [5.41, 5.74) is 1.08. The number of fused-ring (bicyclic) bond motifs is 1. The number of aromatic nitrogens is 2. The smallest absolute Gasteiger partial charge is 0.337 e. The molecule has 174 valence electrons. The van der Waals surface area contributed by atoms with Gasteiger partial charge in [0.25, 0.3) is 5.56 Å². The van der Waals surface area contributed by atoms with Gasteiger partial charge in [0.05, 0.1) is 35.9 Å². The second kappa shape index (κ2) is 10.5. The lowest BCUT2D eigenvalue weighted by atomic mass is 10.1. The van der Waals surface area contributed by atoms with Crippen molar-refractivity contribution in [3.63, 3.8) is 0 Å². The first kappa shape index (κ1) is 24.3. The van der Waals surface area contributed by atoms with E-state index in [9.17, 15) is 14.4 Å². The quantitative estimate of drug-likeness (QED) is 0.303. The summed E-state index contributed by atoms with van der Waals surface area (Å²) in [4.78, 5) is 42.6. The zero-order valence-corrected chi connectivity index (χ0v) is 20.1. The van der Waals surface area contributed by atoms with Gasteiger partial charge in [-0.15, -0.1) is 0 Å². The van der Waals surface area contributed by atoms with Gasteiger partial charge in [-0.05, 0) is 43.2 Å². The lowest BCUT2D eigenvalue weighted by molar-refractivity contribution is -0.115. The van der Waals surface area contributed by atoms with E-state index < -0.39 is 11.2 Å². The van der Waals surface area contributed by atoms with Crippen molar-refractivity contribution in [3.8, 4) is 5.75 Å². The zero-order chi connectivity index (χ0) is 24.1. The Labute approximate surface area is 196 Å². The highest BCUT2D eigenvalue weighted by Crippen LogP contribution is 2.25. The first-order valence-electron chi connectivity index (χ1n) is 10.5. The third kappa shape index (κ3) is 5.73. The second-order valence-electron chi connectivity index (χ2n) is 7.91. The van der Waals surface area contributed by atoms with E-state index in [4.69, 9.17) is 9.47 Å². The summed E-state index contributed by atoms with van der Waals surface area (Å²) < 4.78 is 11.6. The minimum atomic E-state index is -0.539. The third-order valence-electron chi connectivity index (χ3n) is 4.88. The van der Waals surface area contributed by atoms with Crippen molar-refractivity contribution in [2.24, 2.45) is 5.92 Å². The summed E-state index contributed by atoms with van der Waals surface area (Å²) >= 11 is 1.19. The Kier molecular flexibility index (Phi) is 7.75. The van der Waals surface area contributed by atoms with Gasteiger partial charge >= 0.3 is 5.97 Å². The van der Waals surface area contributed by atoms with E-state index in [-0.39, 0.29) is 17.4 Å². The molecule has 0 fully saturated rings. The number of thioether (sulfide) groups is 1. The average molecular weight is 470 g/mol. The van der Waals surface area contributed by atoms with Crippen LogP contribution in [0, 0.1) is 5.92 Å². The van der Waals surface area contributed by atoms with Crippen molar-refractivity contribution in [2.75, 3.05) is 19.5 Å². The van der Waals surface area contributed by atoms with Gasteiger partial charge in [-0.2, -0.15) is 0 Å². The van der Waals surface area contributed by atoms with Crippen LogP contribution in [0.2, 0.25) is 0 Å². The highest BCUT2D eigenvalue weighted by Gasteiger charge is 2.21. The largest absolute Gasteiger partial charge is 0.497 e. The van der Waals surface area contributed by atoms with Crippen molar-refractivity contribution >= 4 is 40.2 Å². The van der Waals surface area contributed by atoms with Gasteiger partial charge in [0.1, 0.15) is 5.75 Å². The topological polar surface area (TPSA) is 99.5 Å². The second-order valence-corrected chi connectivity index (χ2v) is 9.22. The van der Waals surface area contributed by atoms with Crippen LogP contribution in [0.25, 0.3) is 10.9 Å². The predicted octanol–water partition coefficient (Wildman–Crippen LogP) is 3.97. The predicted molar refractivity (Wildman–Crippen MR) is 129 cm³/mol. The highest BCUT2D eigenvalue weighted by molar-refractivity contribution is 8.00. The Hall–Kier alpha value is -3.33. The van der Waals surface area contributed by atoms with Crippen LogP contribution < -0.4 is 15.6 Å². The van der Waals surface area contributed by atoms with E-state index in [0.29, 0.717) is 39.6 Å². The molecule has 1 atom stereocenters. The standard InChI is InChI=1S/C24H27N3O5S/c1-14(2)13-27-22(29)19-10-9-16(23(30)32-5)11-20(19)26-24(27)33-15(3)21(28)25-17-7-6-8-18(12-17)31-4/h6-12,14-15H,13H2,1-5H3,(H,25,28)/t15-/m1/s1. The van der Waals surface area contributed by atoms with Crippen LogP contribution in [0.15, 0.2) is 52.4 Å². The third-order valence-corrected chi connectivity index (χ3v) is 5.97. The number of methoxy groups -OCH3 is 2. The summed E-state index contributed by atoms with van der Waals surface area (Å²) in [5, 5.41) is 3.14. The molecular weight excluding hydrogens is 442 g/mol. The van der Waals surface area contributed by atoms with Gasteiger partial charge in [0.15, 0.2) is 5.16 Å². The maximum Gasteiger partial charge on any atom is 0.337 e. The summed E-state index contributed by atoms with van der Waals surface area (Å²) in [6.45, 7) is 6.21. The zero-order valence-electron chi connectivity index (χ0n) is 19.2. The van der Waals surface area contributed by atoms with Gasteiger partial charge in [0, 0.05) is 18.3 Å². The SMILES string of the molecule is COC(=O)c1ccc2c(=O)n(CC(C)C)c(S[C@H](C)C(=O)Nc3cccc(OC)c3)nc2c1. The maximum absolute atomic E-state index is 13.2. The van der Waals surface area contributed by atoms with Crippen LogP contribution in [-0.4, -0.2) is 40.9 Å². The van der Waals surface area contributed by atoms with Crippen LogP contribution in [0.4, 0.5) is 5.69 Å². The van der Waals surface area contributed by atoms with E-state index in [1.807, 2.05) is 13.8 Å². The number of benzene rings is 2. The molecule has 33 heavy (non-hydrogen) atoms. The molecule has 0 saturated carbocycles. The van der Waals surface area contributed by atoms with Crippen molar-refractivity contribution in [2.45, 2.75) is 37.7 Å². The summed E-state index contributed by atoms with van der Waals surface area (Å²) in [6.07, 6.45) is 0. The molecule has 1 amide bonds. The number of hydrogen-bond donors (Lipinski definition) is 1. The molecule has 0 radical (unpaired) electrons. The molecule has 0 bridgehead atoms. The number of hydrogen-bond acceptors (Lipinski definition) is 7. The van der Waals surface area contributed by atoms with Gasteiger partial charge < -0.3 is 14.8 Å². The number of anilines is 1. The van der Waals surface area contributed by atoms with Crippen molar-refractivity contribution < 1.29 is 19.1 Å². The van der Waals surface area contributed by atoms with Gasteiger partial charge in [0.2, 0.25) is 5.91 Å². The number of nitrogens with zero attached hydrogens (tertiary/aromatic N) is 2. The van der Waals surface area contributed by atoms with Crippen LogP contribution in [0.3, 0.4) is 0 Å². The summed E-state index contributed by atoms with van der Waals surface area (Å²) in [7, 11) is 2.86. The summed E-state index contributed by atoms with van der Waals surface area (Å²) in [6, 6.07) is 11.8. The first-order chi connectivity index (χ1) is 15.7. The van der Waals surface area contributed by atoms with Crippen molar-refractivity contribution in [1.82, 2.24) is 9.55 Å². The summed E-state index contributed by atoms with van der Waals surface area (Å²) in [5.74, 6) is 0.0837. The molecule has 0 saturated heterocycles. The number of nitrogens with one attached hydrogen (secondary N) is 1. The van der Waals surface area contributed by atoms with Crippen LogP contribution >= 0.6 is 11.8 Å². The van der Waals surface area contributed by atoms with Gasteiger partial charge in [-0.1, -0.05) is 31.7 Å². The molecule has 0 aliphatic rings. The molecular formula is C24H27N3O5S. The Bertz CT molecular complexity index is 1240. The number of ether oxygens (including phenoxy) is 2. The molecule has 1 aromatic heterocycles. The number of carbonyl (C=O) groups excluding carboxylic acids is 2. The fourth-order valence-electron chi connectivity index (χ4n) is 3.22. The lowest BCUT2D eigenvalue weighted by Crippen LogP contribution is -2.28. The fraction of sp³-hybridized carbons (Fsp3) is 0.333.